The van der Waals surface area contributed by atoms with Crippen LogP contribution in [-0.2, 0) is 19.2 Å². The smallest absolute Gasteiger partial charge is 0.262 e. The molecule has 4 saturated carbocycles. The van der Waals surface area contributed by atoms with E-state index >= 15 is 0 Å². The Morgan fingerprint density at radius 1 is 1.00 bits per heavy atom. The fraction of sp³-hybridized carbons (Fsp3) is 0.862. The highest BCUT2D eigenvalue weighted by Gasteiger charge is 2.61. The van der Waals surface area contributed by atoms with E-state index in [9.17, 15) is 19.2 Å². The van der Waals surface area contributed by atoms with Gasteiger partial charge in [0.05, 0.1) is 0 Å². The summed E-state index contributed by atoms with van der Waals surface area (Å²) in [5.74, 6) is 4.38. The van der Waals surface area contributed by atoms with E-state index in [0.717, 1.165) is 47.8 Å². The first-order valence-electron chi connectivity index (χ1n) is 14.0. The molecule has 4 rings (SSSR count). The molecule has 0 aliphatic heterocycles. The maximum Gasteiger partial charge on any atom is 0.262 e. The van der Waals surface area contributed by atoms with Gasteiger partial charge >= 0.3 is 0 Å². The van der Waals surface area contributed by atoms with Crippen LogP contribution in [0.15, 0.2) is 0 Å². The van der Waals surface area contributed by atoms with Crippen LogP contribution >= 0.6 is 11.6 Å². The molecule has 0 radical (unpaired) electrons. The minimum atomic E-state index is -2.21. The molecule has 0 N–H and O–H groups in total. The third-order valence-corrected chi connectivity index (χ3v) is 12.1. The molecule has 9 atom stereocenters. The molecule has 4 fully saturated rings. The Balaban J connectivity index is 1.53. The summed E-state index contributed by atoms with van der Waals surface area (Å²) in [4.78, 5) is 48.8. The zero-order chi connectivity index (χ0) is 25.6. The van der Waals surface area contributed by atoms with E-state index in [1.807, 2.05) is 0 Å². The molecular formula is C29H44ClNO4. The van der Waals surface area contributed by atoms with Gasteiger partial charge in [-0.1, -0.05) is 40.5 Å². The highest BCUT2D eigenvalue weighted by molar-refractivity contribution is 6.69. The Morgan fingerprint density at radius 2 is 1.66 bits per heavy atom. The second-order valence-corrected chi connectivity index (χ2v) is 13.3. The molecule has 1 amide bonds. The second kappa shape index (κ2) is 9.91. The number of carbonyl (C=O) groups excluding carboxylic acids is 4. The number of fused-ring (bicyclic) bond motifs is 5. The molecule has 6 heteroatoms. The molecule has 0 spiro atoms. The zero-order valence-electron chi connectivity index (χ0n) is 22.0. The molecule has 0 aromatic carbocycles. The molecule has 0 saturated heterocycles. The van der Waals surface area contributed by atoms with Gasteiger partial charge in [0.15, 0.2) is 12.6 Å². The summed E-state index contributed by atoms with van der Waals surface area (Å²) >= 11 is 5.67. The topological polar surface area (TPSA) is 71.5 Å². The standard InChI is InChI=1S/C29H44ClNO4/c1-5-6-19(2)23-9-10-24-22-8-7-20-15-21(31(18-34)29(16-32,17-33)26(30)35)11-13-27(20,3)25(22)12-14-28(23,24)4/h16-25H,5-15H2,1-4H3/t19-,20?,21?,22?,23-,24?,25?,27+,28-/m1/s1. The van der Waals surface area contributed by atoms with Crippen molar-refractivity contribution in [2.75, 3.05) is 0 Å². The normalized spacial score (nSPS) is 41.6. The molecule has 5 unspecified atom stereocenters. The van der Waals surface area contributed by atoms with Crippen molar-refractivity contribution in [3.05, 3.63) is 0 Å². The van der Waals surface area contributed by atoms with Crippen LogP contribution in [0.25, 0.3) is 0 Å². The van der Waals surface area contributed by atoms with E-state index < -0.39 is 10.8 Å². The lowest BCUT2D eigenvalue weighted by Crippen LogP contribution is -2.62. The van der Waals surface area contributed by atoms with Gasteiger partial charge in [-0.05, 0) is 116 Å². The molecule has 0 heterocycles. The molecule has 4 aliphatic carbocycles. The quantitative estimate of drug-likeness (QED) is 0.225. The summed E-state index contributed by atoms with van der Waals surface area (Å²) in [5.41, 5.74) is -1.53. The summed E-state index contributed by atoms with van der Waals surface area (Å²) in [7, 11) is 0. The summed E-state index contributed by atoms with van der Waals surface area (Å²) in [6.45, 7) is 9.86. The molecule has 35 heavy (non-hydrogen) atoms. The van der Waals surface area contributed by atoms with E-state index in [0.29, 0.717) is 30.1 Å². The fourth-order valence-corrected chi connectivity index (χ4v) is 10.1. The van der Waals surface area contributed by atoms with Crippen LogP contribution in [0.1, 0.15) is 98.3 Å². The predicted molar refractivity (Wildman–Crippen MR) is 137 cm³/mol. The maximum absolute atomic E-state index is 12.1. The second-order valence-electron chi connectivity index (χ2n) is 12.9. The lowest BCUT2D eigenvalue weighted by molar-refractivity contribution is -0.154. The maximum atomic E-state index is 12.1. The average molecular weight is 506 g/mol. The van der Waals surface area contributed by atoms with Crippen molar-refractivity contribution in [3.8, 4) is 0 Å². The van der Waals surface area contributed by atoms with Crippen molar-refractivity contribution in [3.63, 3.8) is 0 Å². The van der Waals surface area contributed by atoms with Crippen molar-refractivity contribution >= 4 is 35.8 Å². The summed E-state index contributed by atoms with van der Waals surface area (Å²) in [5, 5.41) is -1.11. The SMILES string of the molecule is CCC[C@@H](C)[C@H]1CCC2C3CCC4CC(N(C=O)C(C=O)(C=O)C(=O)Cl)CC[C@]4(C)C3CC[C@@]21C. The fourth-order valence-electron chi connectivity index (χ4n) is 9.94. The Labute approximate surface area is 216 Å². The van der Waals surface area contributed by atoms with Crippen molar-refractivity contribution < 1.29 is 19.2 Å². The van der Waals surface area contributed by atoms with Gasteiger partial charge in [-0.15, -0.1) is 0 Å². The Morgan fingerprint density at radius 3 is 2.26 bits per heavy atom. The van der Waals surface area contributed by atoms with Crippen molar-refractivity contribution in [2.45, 2.75) is 110 Å². The number of rotatable bonds is 9. The van der Waals surface area contributed by atoms with Crippen LogP contribution < -0.4 is 0 Å². The van der Waals surface area contributed by atoms with E-state index in [2.05, 4.69) is 27.7 Å². The number of amides is 1. The van der Waals surface area contributed by atoms with Gasteiger partial charge in [0, 0.05) is 6.04 Å². The molecule has 196 valence electrons. The average Bonchev–Trinajstić information content (AvgIpc) is 3.19. The Hall–Kier alpha value is -1.23. The first-order chi connectivity index (χ1) is 16.6. The first kappa shape index (κ1) is 26.8. The van der Waals surface area contributed by atoms with E-state index in [1.54, 1.807) is 0 Å². The first-order valence-corrected chi connectivity index (χ1v) is 14.4. The van der Waals surface area contributed by atoms with Gasteiger partial charge in [0.2, 0.25) is 11.9 Å². The van der Waals surface area contributed by atoms with E-state index in [-0.39, 0.29) is 24.0 Å². The number of nitrogens with zero attached hydrogens (tertiary/aromatic N) is 1. The number of hydrogen-bond acceptors (Lipinski definition) is 4. The van der Waals surface area contributed by atoms with E-state index in [4.69, 9.17) is 11.6 Å². The minimum absolute atomic E-state index is 0.207. The largest absolute Gasteiger partial charge is 0.316 e. The predicted octanol–water partition coefficient (Wildman–Crippen LogP) is 5.81. The van der Waals surface area contributed by atoms with Crippen LogP contribution in [0, 0.1) is 46.3 Å². The number of carbonyl (C=O) groups is 4. The highest BCUT2D eigenvalue weighted by atomic mass is 35.5. The van der Waals surface area contributed by atoms with Gasteiger partial charge in [0.1, 0.15) is 0 Å². The number of hydrogen-bond donors (Lipinski definition) is 0. The van der Waals surface area contributed by atoms with Crippen LogP contribution in [0.3, 0.4) is 0 Å². The van der Waals surface area contributed by atoms with Crippen molar-refractivity contribution in [2.24, 2.45) is 46.3 Å². The van der Waals surface area contributed by atoms with Gasteiger partial charge < -0.3 is 4.90 Å². The zero-order valence-corrected chi connectivity index (χ0v) is 22.8. The summed E-state index contributed by atoms with van der Waals surface area (Å²) < 4.78 is 0. The monoisotopic (exact) mass is 505 g/mol. The van der Waals surface area contributed by atoms with Crippen LogP contribution in [0.4, 0.5) is 0 Å². The van der Waals surface area contributed by atoms with Crippen LogP contribution in [0.5, 0.6) is 0 Å². The summed E-state index contributed by atoms with van der Waals surface area (Å²) in [6, 6.07) is -0.320. The minimum Gasteiger partial charge on any atom is -0.316 e. The Bertz CT molecular complexity index is 839. The molecule has 4 aliphatic rings. The third-order valence-electron chi connectivity index (χ3n) is 11.8. The highest BCUT2D eigenvalue weighted by Crippen LogP contribution is 2.68. The number of aldehydes is 2. The Kier molecular flexibility index (Phi) is 7.60. The molecule has 0 bridgehead atoms. The van der Waals surface area contributed by atoms with Gasteiger partial charge in [-0.3, -0.25) is 19.2 Å². The molecule has 5 nitrogen and oxygen atoms in total. The van der Waals surface area contributed by atoms with Gasteiger partial charge in [0.25, 0.3) is 5.24 Å². The van der Waals surface area contributed by atoms with Crippen molar-refractivity contribution in [1.29, 1.82) is 0 Å². The van der Waals surface area contributed by atoms with Gasteiger partial charge in [-0.25, -0.2) is 0 Å². The van der Waals surface area contributed by atoms with Gasteiger partial charge in [-0.2, -0.15) is 0 Å². The van der Waals surface area contributed by atoms with Crippen LogP contribution in [0.2, 0.25) is 0 Å². The lowest BCUT2D eigenvalue weighted by Gasteiger charge is -2.62. The molecule has 0 aromatic rings. The summed E-state index contributed by atoms with van der Waals surface area (Å²) in [6.07, 6.45) is 13.6. The van der Waals surface area contributed by atoms with E-state index in [1.165, 1.54) is 44.9 Å². The third kappa shape index (κ3) is 4.03. The molecular weight excluding hydrogens is 462 g/mol. The van der Waals surface area contributed by atoms with Crippen LogP contribution in [-0.4, -0.2) is 40.7 Å². The number of halogens is 1. The van der Waals surface area contributed by atoms with Crippen molar-refractivity contribution in [1.82, 2.24) is 4.90 Å². The molecule has 0 aromatic heterocycles. The lowest BCUT2D eigenvalue weighted by atomic mass is 9.44.